The lowest BCUT2D eigenvalue weighted by atomic mass is 10.2. The molecule has 4 rings (SSSR count). The topological polar surface area (TPSA) is 78.2 Å². The van der Waals surface area contributed by atoms with Crippen LogP contribution < -0.4 is 15.7 Å². The maximum absolute atomic E-state index is 13.2. The van der Waals surface area contributed by atoms with Gasteiger partial charge in [-0.2, -0.15) is 0 Å². The Labute approximate surface area is 166 Å². The molecule has 1 aromatic heterocycles. The second-order valence-corrected chi connectivity index (χ2v) is 6.89. The van der Waals surface area contributed by atoms with Crippen LogP contribution in [0.5, 0.6) is 5.75 Å². The zero-order chi connectivity index (χ0) is 20.2. The van der Waals surface area contributed by atoms with E-state index in [9.17, 15) is 14.0 Å². The van der Waals surface area contributed by atoms with Crippen LogP contribution in [0.4, 0.5) is 4.39 Å². The molecule has 2 aromatic carbocycles. The molecule has 7 nitrogen and oxygen atoms in total. The molecule has 0 bridgehead atoms. The van der Waals surface area contributed by atoms with Crippen LogP contribution in [0.15, 0.2) is 59.4 Å². The minimum Gasteiger partial charge on any atom is -0.484 e. The van der Waals surface area contributed by atoms with Crippen molar-refractivity contribution in [3.05, 3.63) is 70.9 Å². The van der Waals surface area contributed by atoms with Crippen LogP contribution in [-0.4, -0.2) is 33.4 Å². The van der Waals surface area contributed by atoms with Crippen molar-refractivity contribution in [3.63, 3.8) is 0 Å². The van der Waals surface area contributed by atoms with Crippen molar-refractivity contribution in [3.8, 4) is 17.1 Å². The number of nitrogens with one attached hydrogen (secondary N) is 1. The minimum atomic E-state index is -0.339. The van der Waals surface area contributed by atoms with Crippen LogP contribution in [0.25, 0.3) is 11.4 Å². The van der Waals surface area contributed by atoms with Crippen molar-refractivity contribution in [2.75, 3.05) is 13.2 Å². The highest BCUT2D eigenvalue weighted by atomic mass is 19.1. The molecule has 0 atom stereocenters. The molecule has 1 saturated carbocycles. The molecule has 3 aromatic rings. The molecule has 0 saturated heterocycles. The Balaban J connectivity index is 1.39. The van der Waals surface area contributed by atoms with Crippen molar-refractivity contribution in [2.24, 2.45) is 0 Å². The number of para-hydroxylation sites is 1. The third-order valence-electron chi connectivity index (χ3n) is 4.64. The summed E-state index contributed by atoms with van der Waals surface area (Å²) in [7, 11) is 0. The fourth-order valence-electron chi connectivity index (χ4n) is 3.04. The van der Waals surface area contributed by atoms with Crippen LogP contribution in [0, 0.1) is 5.82 Å². The third kappa shape index (κ3) is 4.53. The first kappa shape index (κ1) is 18.9. The number of amides is 1. The van der Waals surface area contributed by atoms with Crippen molar-refractivity contribution in [2.45, 2.75) is 25.4 Å². The summed E-state index contributed by atoms with van der Waals surface area (Å²) in [5, 5.41) is 7.15. The molecule has 0 radical (unpaired) electrons. The van der Waals surface area contributed by atoms with E-state index in [1.165, 1.54) is 16.8 Å². The quantitative estimate of drug-likeness (QED) is 0.634. The Morgan fingerprint density at radius 3 is 2.55 bits per heavy atom. The summed E-state index contributed by atoms with van der Waals surface area (Å²) in [5.74, 6) is 0.526. The SMILES string of the molecule is O=C(COc1ccccc1)NCCn1nc(-c2ccc(F)cc2)n(C2CC2)c1=O. The Bertz CT molecular complexity index is 1040. The number of rotatable bonds is 8. The molecule has 1 aliphatic rings. The lowest BCUT2D eigenvalue weighted by molar-refractivity contribution is -0.123. The van der Waals surface area contributed by atoms with Crippen molar-refractivity contribution >= 4 is 5.91 Å². The number of aromatic nitrogens is 3. The van der Waals surface area contributed by atoms with Crippen LogP contribution >= 0.6 is 0 Å². The molecule has 1 heterocycles. The van der Waals surface area contributed by atoms with Crippen LogP contribution in [0.3, 0.4) is 0 Å². The zero-order valence-corrected chi connectivity index (χ0v) is 15.8. The molecule has 29 heavy (non-hydrogen) atoms. The van der Waals surface area contributed by atoms with Gasteiger partial charge in [0.2, 0.25) is 0 Å². The first-order chi connectivity index (χ1) is 14.1. The number of carbonyl (C=O) groups is 1. The number of benzene rings is 2. The van der Waals surface area contributed by atoms with Crippen LogP contribution in [0.1, 0.15) is 18.9 Å². The predicted molar refractivity (Wildman–Crippen MR) is 105 cm³/mol. The van der Waals surface area contributed by atoms with E-state index in [1.54, 1.807) is 28.8 Å². The standard InChI is InChI=1S/C21H21FN4O3/c22-16-8-6-15(7-9-16)20-24-25(21(28)26(20)17-10-11-17)13-12-23-19(27)14-29-18-4-2-1-3-5-18/h1-9,17H,10-14H2,(H,23,27). The Morgan fingerprint density at radius 2 is 1.86 bits per heavy atom. The van der Waals surface area contributed by atoms with Gasteiger partial charge in [-0.3, -0.25) is 9.36 Å². The van der Waals surface area contributed by atoms with Crippen molar-refractivity contribution in [1.29, 1.82) is 0 Å². The fraction of sp³-hybridized carbons (Fsp3) is 0.286. The predicted octanol–water partition coefficient (Wildman–Crippen LogP) is 2.38. The zero-order valence-electron chi connectivity index (χ0n) is 15.8. The lowest BCUT2D eigenvalue weighted by Crippen LogP contribution is -2.34. The maximum atomic E-state index is 13.2. The van der Waals surface area contributed by atoms with Gasteiger partial charge in [-0.25, -0.2) is 13.9 Å². The van der Waals surface area contributed by atoms with Gasteiger partial charge in [0, 0.05) is 18.2 Å². The largest absolute Gasteiger partial charge is 0.484 e. The highest BCUT2D eigenvalue weighted by molar-refractivity contribution is 5.77. The Kier molecular flexibility index (Phi) is 5.41. The lowest BCUT2D eigenvalue weighted by Gasteiger charge is -2.07. The van der Waals surface area contributed by atoms with E-state index >= 15 is 0 Å². The molecule has 8 heteroatoms. The Hall–Kier alpha value is -3.42. The molecule has 1 fully saturated rings. The van der Waals surface area contributed by atoms with Gasteiger partial charge < -0.3 is 10.1 Å². The van der Waals surface area contributed by atoms with E-state index in [0.29, 0.717) is 17.1 Å². The van der Waals surface area contributed by atoms with Crippen molar-refractivity contribution < 1.29 is 13.9 Å². The highest BCUT2D eigenvalue weighted by Gasteiger charge is 2.30. The second-order valence-electron chi connectivity index (χ2n) is 6.89. The summed E-state index contributed by atoms with van der Waals surface area (Å²) in [6.07, 6.45) is 1.85. The number of hydrogen-bond acceptors (Lipinski definition) is 4. The molecular formula is C21H21FN4O3. The van der Waals surface area contributed by atoms with Gasteiger partial charge in [-0.1, -0.05) is 18.2 Å². The number of ether oxygens (including phenoxy) is 1. The summed E-state index contributed by atoms with van der Waals surface area (Å²) >= 11 is 0. The van der Waals surface area contributed by atoms with E-state index in [-0.39, 0.29) is 43.2 Å². The molecule has 0 spiro atoms. The summed E-state index contributed by atoms with van der Waals surface area (Å²) < 4.78 is 21.6. The maximum Gasteiger partial charge on any atom is 0.346 e. The number of nitrogens with zero attached hydrogens (tertiary/aromatic N) is 3. The van der Waals surface area contributed by atoms with Gasteiger partial charge in [0.15, 0.2) is 12.4 Å². The average Bonchev–Trinajstić information content (AvgIpc) is 3.52. The Morgan fingerprint density at radius 1 is 1.14 bits per heavy atom. The van der Waals surface area contributed by atoms with Crippen LogP contribution in [-0.2, 0) is 11.3 Å². The number of carbonyl (C=O) groups excluding carboxylic acids is 1. The van der Waals surface area contributed by atoms with Crippen LogP contribution in [0.2, 0.25) is 0 Å². The minimum absolute atomic E-state index is 0.101. The van der Waals surface area contributed by atoms with Gasteiger partial charge in [0.25, 0.3) is 5.91 Å². The van der Waals surface area contributed by atoms with E-state index in [0.717, 1.165) is 12.8 Å². The molecular weight excluding hydrogens is 375 g/mol. The second kappa shape index (κ2) is 8.30. The number of hydrogen-bond donors (Lipinski definition) is 1. The van der Waals surface area contributed by atoms with Gasteiger partial charge in [0.05, 0.1) is 6.54 Å². The van der Waals surface area contributed by atoms with E-state index in [2.05, 4.69) is 10.4 Å². The third-order valence-corrected chi connectivity index (χ3v) is 4.64. The summed E-state index contributed by atoms with van der Waals surface area (Å²) in [6, 6.07) is 15.1. The normalized spacial score (nSPS) is 13.3. The smallest absolute Gasteiger partial charge is 0.346 e. The summed E-state index contributed by atoms with van der Waals surface area (Å²) in [4.78, 5) is 24.7. The first-order valence-electron chi connectivity index (χ1n) is 9.51. The molecule has 1 amide bonds. The molecule has 0 aliphatic heterocycles. The summed E-state index contributed by atoms with van der Waals surface area (Å²) in [6.45, 7) is 0.390. The van der Waals surface area contributed by atoms with Gasteiger partial charge in [-0.15, -0.1) is 5.10 Å². The monoisotopic (exact) mass is 396 g/mol. The average molecular weight is 396 g/mol. The van der Waals surface area contributed by atoms with E-state index in [1.807, 2.05) is 18.2 Å². The summed E-state index contributed by atoms with van der Waals surface area (Å²) in [5.41, 5.74) is 0.469. The molecule has 1 N–H and O–H groups in total. The molecule has 150 valence electrons. The van der Waals surface area contributed by atoms with Crippen molar-refractivity contribution in [1.82, 2.24) is 19.7 Å². The highest BCUT2D eigenvalue weighted by Crippen LogP contribution is 2.36. The first-order valence-corrected chi connectivity index (χ1v) is 9.51. The van der Waals surface area contributed by atoms with Gasteiger partial charge >= 0.3 is 5.69 Å². The number of halogens is 1. The van der Waals surface area contributed by atoms with Gasteiger partial charge in [-0.05, 0) is 49.2 Å². The fourth-order valence-corrected chi connectivity index (χ4v) is 3.04. The van der Waals surface area contributed by atoms with E-state index in [4.69, 9.17) is 4.74 Å². The molecule has 1 aliphatic carbocycles. The molecule has 0 unspecified atom stereocenters. The van der Waals surface area contributed by atoms with E-state index < -0.39 is 0 Å². The van der Waals surface area contributed by atoms with Gasteiger partial charge in [0.1, 0.15) is 11.6 Å².